The van der Waals surface area contributed by atoms with Crippen LogP contribution in [0, 0.1) is 39.4 Å². The van der Waals surface area contributed by atoms with E-state index >= 15 is 0 Å². The maximum Gasteiger partial charge on any atom is 0.168 e. The van der Waals surface area contributed by atoms with E-state index in [1.807, 2.05) is 27.7 Å². The minimum Gasteiger partial charge on any atom is -0.300 e. The summed E-state index contributed by atoms with van der Waals surface area (Å²) in [5, 5.41) is 0. The van der Waals surface area contributed by atoms with E-state index in [0.29, 0.717) is 0 Å². The molecular weight excluding hydrogens is 380 g/mol. The van der Waals surface area contributed by atoms with Gasteiger partial charge in [0.1, 0.15) is 5.78 Å². The van der Waals surface area contributed by atoms with E-state index in [2.05, 4.69) is 0 Å². The highest BCUT2D eigenvalue weighted by atomic mass is 16.2. The Morgan fingerprint density at radius 2 is 1.53 bits per heavy atom. The van der Waals surface area contributed by atoms with E-state index in [0.717, 1.165) is 5.57 Å². The Bertz CT molecular complexity index is 902. The van der Waals surface area contributed by atoms with Gasteiger partial charge in [0.25, 0.3) is 0 Å². The second-order valence-corrected chi connectivity index (χ2v) is 11.1. The summed E-state index contributed by atoms with van der Waals surface area (Å²) in [7, 11) is 0. The first-order valence-electron chi connectivity index (χ1n) is 10.9. The van der Waals surface area contributed by atoms with Crippen LogP contribution in [0.1, 0.15) is 74.7 Å². The van der Waals surface area contributed by atoms with Gasteiger partial charge in [-0.25, -0.2) is 0 Å². The first-order valence-corrected chi connectivity index (χ1v) is 10.9. The maximum atomic E-state index is 14.3. The van der Waals surface area contributed by atoms with Crippen LogP contribution in [0.2, 0.25) is 0 Å². The van der Waals surface area contributed by atoms with Gasteiger partial charge in [0.2, 0.25) is 0 Å². The van der Waals surface area contributed by atoms with Crippen molar-refractivity contribution in [2.45, 2.75) is 74.7 Å². The molecule has 0 amide bonds. The third-order valence-corrected chi connectivity index (χ3v) is 8.37. The number of hydrogen-bond acceptors (Lipinski definition) is 5. The van der Waals surface area contributed by atoms with Crippen molar-refractivity contribution in [3.8, 4) is 0 Å². The van der Waals surface area contributed by atoms with Gasteiger partial charge in [-0.1, -0.05) is 39.3 Å². The average molecular weight is 415 g/mol. The molecule has 3 saturated carbocycles. The lowest BCUT2D eigenvalue weighted by Crippen LogP contribution is -2.65. The molecule has 3 aliphatic rings. The summed E-state index contributed by atoms with van der Waals surface area (Å²) >= 11 is 0. The summed E-state index contributed by atoms with van der Waals surface area (Å²) in [6.45, 7) is 14.1. The van der Waals surface area contributed by atoms with Gasteiger partial charge in [-0.2, -0.15) is 0 Å². The summed E-state index contributed by atoms with van der Waals surface area (Å²) in [4.78, 5) is 67.9. The predicted octanol–water partition coefficient (Wildman–Crippen LogP) is 3.92. The van der Waals surface area contributed by atoms with E-state index in [1.54, 1.807) is 26.8 Å². The van der Waals surface area contributed by atoms with Crippen LogP contribution in [0.15, 0.2) is 11.6 Å². The number of carbonyl (C=O) groups is 5. The molecule has 0 unspecified atom stereocenters. The molecule has 5 atom stereocenters. The Morgan fingerprint density at radius 1 is 0.967 bits per heavy atom. The molecule has 5 heteroatoms. The third-order valence-electron chi connectivity index (χ3n) is 8.37. The number of carbonyl (C=O) groups excluding carboxylic acids is 5. The van der Waals surface area contributed by atoms with Gasteiger partial charge in [0.15, 0.2) is 28.5 Å². The summed E-state index contributed by atoms with van der Waals surface area (Å²) in [5.74, 6) is -3.27. The van der Waals surface area contributed by atoms with E-state index in [-0.39, 0.29) is 30.8 Å². The number of fused-ring (bicyclic) bond motifs is 1. The van der Waals surface area contributed by atoms with Gasteiger partial charge in [0, 0.05) is 11.8 Å². The Hall–Kier alpha value is -1.91. The molecule has 30 heavy (non-hydrogen) atoms. The zero-order valence-electron chi connectivity index (χ0n) is 19.5. The molecule has 3 aliphatic carbocycles. The minimum absolute atomic E-state index is 0.00742. The topological polar surface area (TPSA) is 85.3 Å². The van der Waals surface area contributed by atoms with Crippen LogP contribution in [0.3, 0.4) is 0 Å². The molecule has 0 aromatic carbocycles. The van der Waals surface area contributed by atoms with Gasteiger partial charge >= 0.3 is 0 Å². The fraction of sp³-hybridized carbons (Fsp3) is 0.720. The summed E-state index contributed by atoms with van der Waals surface area (Å²) in [5.41, 5.74) is -4.32. The molecule has 0 saturated heterocycles. The Kier molecular flexibility index (Phi) is 4.97. The van der Waals surface area contributed by atoms with Crippen molar-refractivity contribution in [2.75, 3.05) is 0 Å². The number of allylic oxidation sites excluding steroid dienone is 2. The largest absolute Gasteiger partial charge is 0.300 e. The van der Waals surface area contributed by atoms with Crippen LogP contribution < -0.4 is 0 Å². The molecule has 2 bridgehead atoms. The zero-order valence-corrected chi connectivity index (χ0v) is 19.5. The van der Waals surface area contributed by atoms with E-state index in [4.69, 9.17) is 0 Å². The maximum absolute atomic E-state index is 14.3. The SMILES string of the molecule is CC(=O)[C@H]1C[C@]23C(=O)[C@](C)(C[C@@H]2C1(C)C)C(=O)[C@](CC=C(C)C)(C(=O)C(C)C)C3=O. The Labute approximate surface area is 179 Å². The lowest BCUT2D eigenvalue weighted by atomic mass is 9.51. The molecular formula is C25H34O5. The highest BCUT2D eigenvalue weighted by molar-refractivity contribution is 6.40. The Morgan fingerprint density at radius 3 is 2.00 bits per heavy atom. The summed E-state index contributed by atoms with van der Waals surface area (Å²) in [6.07, 6.45) is 2.10. The van der Waals surface area contributed by atoms with Gasteiger partial charge in [-0.15, -0.1) is 0 Å². The third kappa shape index (κ3) is 2.44. The van der Waals surface area contributed by atoms with E-state index in [1.165, 1.54) is 6.92 Å². The normalized spacial score (nSPS) is 39.3. The molecule has 164 valence electrons. The average Bonchev–Trinajstić information content (AvgIpc) is 2.99. The molecule has 0 aromatic rings. The second kappa shape index (κ2) is 6.54. The van der Waals surface area contributed by atoms with Crippen molar-refractivity contribution in [1.29, 1.82) is 0 Å². The molecule has 0 aliphatic heterocycles. The quantitative estimate of drug-likeness (QED) is 0.503. The van der Waals surface area contributed by atoms with Crippen molar-refractivity contribution in [3.63, 3.8) is 0 Å². The number of hydrogen-bond donors (Lipinski definition) is 0. The van der Waals surface area contributed by atoms with Crippen molar-refractivity contribution >= 4 is 28.9 Å². The van der Waals surface area contributed by atoms with Gasteiger partial charge in [-0.05, 0) is 58.3 Å². The fourth-order valence-electron chi connectivity index (χ4n) is 6.82. The lowest BCUT2D eigenvalue weighted by Gasteiger charge is -2.45. The van der Waals surface area contributed by atoms with Crippen LogP contribution in [0.4, 0.5) is 0 Å². The molecule has 3 fully saturated rings. The molecule has 5 nitrogen and oxygen atoms in total. The summed E-state index contributed by atoms with van der Waals surface area (Å²) in [6, 6.07) is 0. The first kappa shape index (κ1) is 22.8. The zero-order chi connectivity index (χ0) is 23.0. The lowest BCUT2D eigenvalue weighted by molar-refractivity contribution is -0.168. The summed E-state index contributed by atoms with van der Waals surface area (Å²) < 4.78 is 0. The molecule has 0 heterocycles. The van der Waals surface area contributed by atoms with Crippen molar-refractivity contribution in [3.05, 3.63) is 11.6 Å². The predicted molar refractivity (Wildman–Crippen MR) is 113 cm³/mol. The van der Waals surface area contributed by atoms with Gasteiger partial charge < -0.3 is 0 Å². The van der Waals surface area contributed by atoms with Crippen LogP contribution in [0.5, 0.6) is 0 Å². The fourth-order valence-corrected chi connectivity index (χ4v) is 6.82. The van der Waals surface area contributed by atoms with E-state index < -0.39 is 56.8 Å². The Balaban J connectivity index is 2.33. The number of rotatable bonds is 5. The molecule has 1 spiro atoms. The van der Waals surface area contributed by atoms with Crippen molar-refractivity contribution in [1.82, 2.24) is 0 Å². The number of ketones is 5. The van der Waals surface area contributed by atoms with Crippen molar-refractivity contribution < 1.29 is 24.0 Å². The van der Waals surface area contributed by atoms with Crippen LogP contribution in [-0.2, 0) is 24.0 Å². The molecule has 0 radical (unpaired) electrons. The van der Waals surface area contributed by atoms with Crippen molar-refractivity contribution in [2.24, 2.45) is 39.4 Å². The molecule has 0 aromatic heterocycles. The monoisotopic (exact) mass is 414 g/mol. The van der Waals surface area contributed by atoms with Crippen LogP contribution in [0.25, 0.3) is 0 Å². The highest BCUT2D eigenvalue weighted by Crippen LogP contribution is 2.72. The van der Waals surface area contributed by atoms with Gasteiger partial charge in [-0.3, -0.25) is 24.0 Å². The molecule has 0 N–H and O–H groups in total. The van der Waals surface area contributed by atoms with Gasteiger partial charge in [0.05, 0.1) is 10.8 Å². The van der Waals surface area contributed by atoms with Crippen LogP contribution >= 0.6 is 0 Å². The number of Topliss-reactive ketones (excluding diaryl/α,β-unsaturated/α-hetero) is 5. The smallest absolute Gasteiger partial charge is 0.168 e. The standard InChI is InChI=1S/C25H34O5/c1-13(2)9-10-24(18(27)14(3)4)19(28)23(8)12-17-22(6,7)16(15(5)26)11-25(17,20(23)29)21(24)30/h9,14,16-17H,10-12H2,1-8H3/t16-,17-,23-,24+,25-/m1/s1. The second-order valence-electron chi connectivity index (χ2n) is 11.1. The molecule has 3 rings (SSSR count). The van der Waals surface area contributed by atoms with E-state index in [9.17, 15) is 24.0 Å². The minimum atomic E-state index is -1.84. The first-order chi connectivity index (χ1) is 13.6. The highest BCUT2D eigenvalue weighted by Gasteiger charge is 2.82. The van der Waals surface area contributed by atoms with Crippen LogP contribution in [-0.4, -0.2) is 28.9 Å².